The van der Waals surface area contributed by atoms with E-state index in [-0.39, 0.29) is 11.4 Å². The zero-order valence-electron chi connectivity index (χ0n) is 12.2. The van der Waals surface area contributed by atoms with E-state index in [0.717, 1.165) is 11.3 Å². The highest BCUT2D eigenvalue weighted by atomic mass is 19.1. The van der Waals surface area contributed by atoms with E-state index >= 15 is 0 Å². The Hall–Kier alpha value is -2.43. The second kappa shape index (κ2) is 5.91. The second-order valence-electron chi connectivity index (χ2n) is 5.07. The third-order valence-electron chi connectivity index (χ3n) is 3.25. The van der Waals surface area contributed by atoms with E-state index in [4.69, 9.17) is 5.11 Å². The Bertz CT molecular complexity index is 676. The molecule has 0 bridgehead atoms. The molecule has 21 heavy (non-hydrogen) atoms. The largest absolute Gasteiger partial charge is 0.478 e. The Morgan fingerprint density at radius 3 is 2.43 bits per heavy atom. The normalized spacial score (nSPS) is 10.5. The number of aromatic carboxylic acids is 1. The summed E-state index contributed by atoms with van der Waals surface area (Å²) in [6, 6.07) is 5.19. The predicted molar refractivity (Wildman–Crippen MR) is 79.1 cm³/mol. The Labute approximate surface area is 122 Å². The number of aromatic nitrogens is 1. The van der Waals surface area contributed by atoms with Crippen molar-refractivity contribution >= 4 is 11.7 Å². The highest BCUT2D eigenvalue weighted by Gasteiger charge is 2.11. The van der Waals surface area contributed by atoms with Crippen molar-refractivity contribution in [3.8, 4) is 0 Å². The number of aryl methyl sites for hydroxylation is 3. The lowest BCUT2D eigenvalue weighted by Crippen LogP contribution is -2.08. The van der Waals surface area contributed by atoms with Crippen LogP contribution in [0.25, 0.3) is 0 Å². The topological polar surface area (TPSA) is 62.2 Å². The minimum absolute atomic E-state index is 0.121. The van der Waals surface area contributed by atoms with Gasteiger partial charge in [0.05, 0.1) is 5.69 Å². The molecular formula is C16H17FN2O2. The molecule has 0 aliphatic heterocycles. The molecule has 0 spiro atoms. The van der Waals surface area contributed by atoms with Crippen LogP contribution < -0.4 is 5.32 Å². The number of carboxylic acid groups (broad SMARTS) is 1. The van der Waals surface area contributed by atoms with Gasteiger partial charge in [0.1, 0.15) is 11.4 Å². The Morgan fingerprint density at radius 1 is 1.24 bits per heavy atom. The molecule has 5 heteroatoms. The molecule has 0 amide bonds. The molecule has 110 valence electrons. The van der Waals surface area contributed by atoms with Crippen LogP contribution in [0.1, 0.15) is 32.7 Å². The molecule has 2 N–H and O–H groups in total. The first kappa shape index (κ1) is 15.0. The van der Waals surface area contributed by atoms with Crippen LogP contribution in [0.5, 0.6) is 0 Å². The highest BCUT2D eigenvalue weighted by Crippen LogP contribution is 2.19. The molecule has 0 unspecified atom stereocenters. The molecular weight excluding hydrogens is 271 g/mol. The molecule has 0 atom stereocenters. The van der Waals surface area contributed by atoms with Crippen molar-refractivity contribution in [1.29, 1.82) is 0 Å². The maximum atomic E-state index is 13.6. The summed E-state index contributed by atoms with van der Waals surface area (Å²) in [6.07, 6.45) is 1.33. The van der Waals surface area contributed by atoms with Gasteiger partial charge < -0.3 is 10.4 Å². The summed E-state index contributed by atoms with van der Waals surface area (Å²) in [5.41, 5.74) is 3.42. The van der Waals surface area contributed by atoms with Crippen LogP contribution in [0.3, 0.4) is 0 Å². The number of hydrogen-bond donors (Lipinski definition) is 2. The van der Waals surface area contributed by atoms with Gasteiger partial charge in [-0.2, -0.15) is 0 Å². The smallest absolute Gasteiger partial charge is 0.339 e. The number of carboxylic acids is 1. The van der Waals surface area contributed by atoms with Gasteiger partial charge in [0.2, 0.25) is 0 Å². The zero-order chi connectivity index (χ0) is 15.6. The molecule has 0 radical (unpaired) electrons. The van der Waals surface area contributed by atoms with Crippen LogP contribution in [0.15, 0.2) is 24.4 Å². The number of anilines is 1. The number of pyridine rings is 1. The molecule has 0 aliphatic rings. The van der Waals surface area contributed by atoms with Gasteiger partial charge in [0.25, 0.3) is 0 Å². The lowest BCUT2D eigenvalue weighted by molar-refractivity contribution is 0.0697. The number of hydrogen-bond acceptors (Lipinski definition) is 3. The van der Waals surface area contributed by atoms with Crippen molar-refractivity contribution in [3.05, 3.63) is 58.2 Å². The third-order valence-corrected chi connectivity index (χ3v) is 3.25. The highest BCUT2D eigenvalue weighted by molar-refractivity contribution is 5.93. The molecule has 0 saturated heterocycles. The standard InChI is InChI=1S/C16H17FN2O2/c1-9-4-12(5-10(2)15(9)17)7-19-14-6-11(3)18-8-13(14)16(20)21/h4-6,8H,7H2,1-3H3,(H,18,19)(H,20,21). The van der Waals surface area contributed by atoms with E-state index in [2.05, 4.69) is 10.3 Å². The summed E-state index contributed by atoms with van der Waals surface area (Å²) in [6.45, 7) is 5.64. The summed E-state index contributed by atoms with van der Waals surface area (Å²) in [5, 5.41) is 12.2. The van der Waals surface area contributed by atoms with Crippen LogP contribution in [-0.4, -0.2) is 16.1 Å². The fourth-order valence-corrected chi connectivity index (χ4v) is 2.21. The van der Waals surface area contributed by atoms with Gasteiger partial charge in [-0.1, -0.05) is 12.1 Å². The summed E-state index contributed by atoms with van der Waals surface area (Å²) >= 11 is 0. The quantitative estimate of drug-likeness (QED) is 0.904. The first-order chi connectivity index (χ1) is 9.88. The monoisotopic (exact) mass is 288 g/mol. The van der Waals surface area contributed by atoms with E-state index in [0.29, 0.717) is 23.4 Å². The second-order valence-corrected chi connectivity index (χ2v) is 5.07. The van der Waals surface area contributed by atoms with Gasteiger partial charge in [-0.3, -0.25) is 4.98 Å². The maximum absolute atomic E-state index is 13.6. The van der Waals surface area contributed by atoms with Crippen LogP contribution in [0, 0.1) is 26.6 Å². The molecule has 0 aliphatic carbocycles. The lowest BCUT2D eigenvalue weighted by Gasteiger charge is -2.12. The zero-order valence-corrected chi connectivity index (χ0v) is 12.2. The predicted octanol–water partition coefficient (Wildman–Crippen LogP) is 3.46. The van der Waals surface area contributed by atoms with E-state index in [1.165, 1.54) is 6.20 Å². The summed E-state index contributed by atoms with van der Waals surface area (Å²) in [7, 11) is 0. The maximum Gasteiger partial charge on any atom is 0.339 e. The molecule has 1 aromatic carbocycles. The summed E-state index contributed by atoms with van der Waals surface area (Å²) in [4.78, 5) is 15.2. The van der Waals surface area contributed by atoms with E-state index in [9.17, 15) is 9.18 Å². The van der Waals surface area contributed by atoms with Gasteiger partial charge in [0.15, 0.2) is 0 Å². The van der Waals surface area contributed by atoms with Crippen molar-refractivity contribution in [2.75, 3.05) is 5.32 Å². The van der Waals surface area contributed by atoms with Crippen molar-refractivity contribution < 1.29 is 14.3 Å². The Kier molecular flexibility index (Phi) is 4.21. The van der Waals surface area contributed by atoms with E-state index in [1.54, 1.807) is 39.0 Å². The van der Waals surface area contributed by atoms with Crippen LogP contribution >= 0.6 is 0 Å². The fraction of sp³-hybridized carbons (Fsp3) is 0.250. The van der Waals surface area contributed by atoms with Gasteiger partial charge in [-0.05, 0) is 43.5 Å². The third kappa shape index (κ3) is 3.37. The molecule has 0 fully saturated rings. The summed E-state index contributed by atoms with van der Waals surface area (Å²) in [5.74, 6) is -1.24. The van der Waals surface area contributed by atoms with Gasteiger partial charge in [-0.25, -0.2) is 9.18 Å². The summed E-state index contributed by atoms with van der Waals surface area (Å²) < 4.78 is 13.6. The molecule has 0 saturated carbocycles. The first-order valence-electron chi connectivity index (χ1n) is 6.58. The Balaban J connectivity index is 2.24. The molecule has 1 aromatic heterocycles. The number of halogens is 1. The number of nitrogens with one attached hydrogen (secondary N) is 1. The van der Waals surface area contributed by atoms with Gasteiger partial charge in [-0.15, -0.1) is 0 Å². The van der Waals surface area contributed by atoms with Crippen LogP contribution in [-0.2, 0) is 6.54 Å². The SMILES string of the molecule is Cc1cc(NCc2cc(C)c(F)c(C)c2)c(C(=O)O)cn1. The lowest BCUT2D eigenvalue weighted by atomic mass is 10.1. The molecule has 2 rings (SSSR count). The average molecular weight is 288 g/mol. The van der Waals surface area contributed by atoms with Crippen LogP contribution in [0.4, 0.5) is 10.1 Å². The molecule has 4 nitrogen and oxygen atoms in total. The van der Waals surface area contributed by atoms with Crippen molar-refractivity contribution in [2.24, 2.45) is 0 Å². The first-order valence-corrected chi connectivity index (χ1v) is 6.58. The molecule has 1 heterocycles. The number of carbonyl (C=O) groups is 1. The fourth-order valence-electron chi connectivity index (χ4n) is 2.21. The van der Waals surface area contributed by atoms with E-state index in [1.807, 2.05) is 0 Å². The van der Waals surface area contributed by atoms with E-state index < -0.39 is 5.97 Å². The Morgan fingerprint density at radius 2 is 1.86 bits per heavy atom. The number of nitrogens with zero attached hydrogens (tertiary/aromatic N) is 1. The van der Waals surface area contributed by atoms with Gasteiger partial charge >= 0.3 is 5.97 Å². The number of benzene rings is 1. The van der Waals surface area contributed by atoms with Gasteiger partial charge in [0, 0.05) is 18.4 Å². The minimum Gasteiger partial charge on any atom is -0.478 e. The number of rotatable bonds is 4. The molecule has 2 aromatic rings. The average Bonchev–Trinajstić information content (AvgIpc) is 2.42. The minimum atomic E-state index is -1.03. The van der Waals surface area contributed by atoms with Crippen LogP contribution in [0.2, 0.25) is 0 Å². The van der Waals surface area contributed by atoms with Crippen molar-refractivity contribution in [2.45, 2.75) is 27.3 Å². The van der Waals surface area contributed by atoms with Crippen molar-refractivity contribution in [1.82, 2.24) is 4.98 Å². The van der Waals surface area contributed by atoms with Crippen molar-refractivity contribution in [3.63, 3.8) is 0 Å².